The van der Waals surface area contributed by atoms with Crippen LogP contribution in [0.5, 0.6) is 0 Å². The first-order chi connectivity index (χ1) is 10.6. The van der Waals surface area contributed by atoms with Crippen LogP contribution in [0, 0.1) is 5.92 Å². The number of nitrogens with one attached hydrogen (secondary N) is 1. The summed E-state index contributed by atoms with van der Waals surface area (Å²) in [4.78, 5) is 0. The van der Waals surface area contributed by atoms with Gasteiger partial charge in [0.2, 0.25) is 10.0 Å². The van der Waals surface area contributed by atoms with Crippen molar-refractivity contribution in [1.82, 2.24) is 9.62 Å². The van der Waals surface area contributed by atoms with Crippen LogP contribution in [0.4, 0.5) is 0 Å². The van der Waals surface area contributed by atoms with Gasteiger partial charge in [-0.15, -0.1) is 0 Å². The molecule has 0 aliphatic carbocycles. The van der Waals surface area contributed by atoms with Crippen molar-refractivity contribution in [3.05, 3.63) is 35.9 Å². The third kappa shape index (κ3) is 3.89. The monoisotopic (exact) mass is 322 g/mol. The van der Waals surface area contributed by atoms with Crippen LogP contribution in [-0.4, -0.2) is 44.2 Å². The van der Waals surface area contributed by atoms with Gasteiger partial charge in [0, 0.05) is 19.1 Å². The minimum absolute atomic E-state index is 0.226. The summed E-state index contributed by atoms with van der Waals surface area (Å²) < 4.78 is 26.7. The molecule has 3 rings (SSSR count). The lowest BCUT2D eigenvalue weighted by Crippen LogP contribution is -2.44. The van der Waals surface area contributed by atoms with E-state index < -0.39 is 10.0 Å². The third-order valence-corrected chi connectivity index (χ3v) is 6.92. The number of hydrogen-bond acceptors (Lipinski definition) is 3. The molecule has 2 fully saturated rings. The maximum atomic E-state index is 12.5. The molecule has 0 aromatic heterocycles. The molecule has 1 atom stereocenters. The van der Waals surface area contributed by atoms with E-state index in [1.54, 1.807) is 4.31 Å². The summed E-state index contributed by atoms with van der Waals surface area (Å²) in [6.07, 6.45) is 5.13. The second kappa shape index (κ2) is 7.11. The lowest BCUT2D eigenvalue weighted by Gasteiger charge is -2.34. The normalized spacial score (nSPS) is 24.6. The van der Waals surface area contributed by atoms with Crippen LogP contribution < -0.4 is 5.32 Å². The van der Waals surface area contributed by atoms with Crippen molar-refractivity contribution in [2.75, 3.05) is 25.4 Å². The molecule has 5 heteroatoms. The molecule has 0 bridgehead atoms. The van der Waals surface area contributed by atoms with Gasteiger partial charge in [-0.1, -0.05) is 30.3 Å². The average molecular weight is 322 g/mol. The number of benzene rings is 1. The lowest BCUT2D eigenvalue weighted by atomic mass is 9.89. The molecule has 1 aromatic rings. The van der Waals surface area contributed by atoms with E-state index in [-0.39, 0.29) is 5.75 Å². The van der Waals surface area contributed by atoms with E-state index in [4.69, 9.17) is 0 Å². The van der Waals surface area contributed by atoms with E-state index in [0.29, 0.717) is 31.5 Å². The van der Waals surface area contributed by atoms with Gasteiger partial charge in [-0.05, 0) is 50.1 Å². The second-order valence-corrected chi connectivity index (χ2v) is 8.58. The molecular formula is C17H26N2O2S. The summed E-state index contributed by atoms with van der Waals surface area (Å²) >= 11 is 0. The molecule has 0 amide bonds. The van der Waals surface area contributed by atoms with Gasteiger partial charge in [0.05, 0.1) is 5.75 Å². The van der Waals surface area contributed by atoms with Crippen molar-refractivity contribution in [2.45, 2.75) is 38.1 Å². The molecule has 2 heterocycles. The molecule has 4 nitrogen and oxygen atoms in total. The Labute approximate surface area is 134 Å². The third-order valence-electron chi connectivity index (χ3n) is 5.05. The Morgan fingerprint density at radius 3 is 2.45 bits per heavy atom. The predicted octanol–water partition coefficient (Wildman–Crippen LogP) is 2.02. The van der Waals surface area contributed by atoms with Crippen molar-refractivity contribution < 1.29 is 8.42 Å². The van der Waals surface area contributed by atoms with Crippen LogP contribution in [-0.2, 0) is 16.4 Å². The Kier molecular flexibility index (Phi) is 5.16. The largest absolute Gasteiger partial charge is 0.314 e. The molecule has 2 saturated heterocycles. The van der Waals surface area contributed by atoms with E-state index in [1.807, 2.05) is 30.3 Å². The van der Waals surface area contributed by atoms with E-state index >= 15 is 0 Å². The first kappa shape index (κ1) is 16.0. The highest BCUT2D eigenvalue weighted by Gasteiger charge is 2.32. The van der Waals surface area contributed by atoms with E-state index in [0.717, 1.165) is 24.9 Å². The van der Waals surface area contributed by atoms with Crippen LogP contribution in [0.2, 0.25) is 0 Å². The molecule has 22 heavy (non-hydrogen) atoms. The Bertz CT molecular complexity index is 560. The summed E-state index contributed by atoms with van der Waals surface area (Å²) in [6, 6.07) is 10.5. The Morgan fingerprint density at radius 2 is 1.82 bits per heavy atom. The zero-order valence-corrected chi connectivity index (χ0v) is 13.9. The predicted molar refractivity (Wildman–Crippen MR) is 89.3 cm³/mol. The molecule has 122 valence electrons. The number of rotatable bonds is 5. The van der Waals surface area contributed by atoms with Gasteiger partial charge >= 0.3 is 0 Å². The zero-order chi connectivity index (χ0) is 15.4. The highest BCUT2D eigenvalue weighted by Crippen LogP contribution is 2.27. The van der Waals surface area contributed by atoms with Gasteiger partial charge in [0.25, 0.3) is 0 Å². The smallest absolute Gasteiger partial charge is 0.214 e. The number of piperidine rings is 1. The second-order valence-electron chi connectivity index (χ2n) is 6.49. The minimum Gasteiger partial charge on any atom is -0.314 e. The molecule has 0 radical (unpaired) electrons. The number of sulfonamides is 1. The lowest BCUT2D eigenvalue weighted by molar-refractivity contribution is 0.234. The quantitative estimate of drug-likeness (QED) is 0.902. The van der Waals surface area contributed by atoms with Crippen molar-refractivity contribution >= 4 is 10.0 Å². The van der Waals surface area contributed by atoms with Crippen LogP contribution >= 0.6 is 0 Å². The van der Waals surface area contributed by atoms with Gasteiger partial charge in [0.15, 0.2) is 0 Å². The number of aryl methyl sites for hydroxylation is 1. The minimum atomic E-state index is -3.12. The summed E-state index contributed by atoms with van der Waals surface area (Å²) in [5.74, 6) is 0.881. The molecular weight excluding hydrogens is 296 g/mol. The maximum Gasteiger partial charge on any atom is 0.214 e. The molecule has 1 aromatic carbocycles. The van der Waals surface area contributed by atoms with Gasteiger partial charge < -0.3 is 5.32 Å². The fourth-order valence-electron chi connectivity index (χ4n) is 3.69. The Hall–Kier alpha value is -0.910. The fraction of sp³-hybridized carbons (Fsp3) is 0.647. The SMILES string of the molecule is O=S(=O)(CCc1ccccc1)N1CCC(C2CCCN2)CC1. The van der Waals surface area contributed by atoms with E-state index in [9.17, 15) is 8.42 Å². The maximum absolute atomic E-state index is 12.5. The summed E-state index contributed by atoms with van der Waals surface area (Å²) in [7, 11) is -3.12. The Balaban J connectivity index is 1.51. The molecule has 1 unspecified atom stereocenters. The van der Waals surface area contributed by atoms with Crippen LogP contribution in [0.25, 0.3) is 0 Å². The van der Waals surface area contributed by atoms with Crippen LogP contribution in [0.3, 0.4) is 0 Å². The van der Waals surface area contributed by atoms with Crippen molar-refractivity contribution in [3.8, 4) is 0 Å². The summed E-state index contributed by atoms with van der Waals surface area (Å²) in [5, 5.41) is 3.56. The molecule has 1 N–H and O–H groups in total. The van der Waals surface area contributed by atoms with Gasteiger partial charge in [-0.25, -0.2) is 12.7 Å². The van der Waals surface area contributed by atoms with Gasteiger partial charge in [-0.2, -0.15) is 0 Å². The highest BCUT2D eigenvalue weighted by molar-refractivity contribution is 7.89. The first-order valence-corrected chi connectivity index (χ1v) is 10.0. The van der Waals surface area contributed by atoms with Crippen molar-refractivity contribution in [3.63, 3.8) is 0 Å². The molecule has 0 spiro atoms. The number of hydrogen-bond donors (Lipinski definition) is 1. The molecule has 2 aliphatic rings. The molecule has 0 saturated carbocycles. The summed E-state index contributed by atoms with van der Waals surface area (Å²) in [5.41, 5.74) is 1.09. The summed E-state index contributed by atoms with van der Waals surface area (Å²) in [6.45, 7) is 2.51. The van der Waals surface area contributed by atoms with E-state index in [2.05, 4.69) is 5.32 Å². The fourth-order valence-corrected chi connectivity index (χ4v) is 5.21. The topological polar surface area (TPSA) is 49.4 Å². The van der Waals surface area contributed by atoms with Crippen LogP contribution in [0.15, 0.2) is 30.3 Å². The standard InChI is InChI=1S/C17H26N2O2S/c20-22(21,14-10-15-5-2-1-3-6-15)19-12-8-16(9-13-19)17-7-4-11-18-17/h1-3,5-6,16-18H,4,7-14H2. The van der Waals surface area contributed by atoms with Crippen molar-refractivity contribution in [2.24, 2.45) is 5.92 Å². The molecule has 2 aliphatic heterocycles. The zero-order valence-electron chi connectivity index (χ0n) is 13.1. The van der Waals surface area contributed by atoms with Crippen LogP contribution in [0.1, 0.15) is 31.2 Å². The van der Waals surface area contributed by atoms with Gasteiger partial charge in [0.1, 0.15) is 0 Å². The van der Waals surface area contributed by atoms with E-state index in [1.165, 1.54) is 12.8 Å². The number of nitrogens with zero attached hydrogens (tertiary/aromatic N) is 1. The highest BCUT2D eigenvalue weighted by atomic mass is 32.2. The Morgan fingerprint density at radius 1 is 1.09 bits per heavy atom. The van der Waals surface area contributed by atoms with Crippen molar-refractivity contribution in [1.29, 1.82) is 0 Å². The average Bonchev–Trinajstić information content (AvgIpc) is 3.09. The first-order valence-electron chi connectivity index (χ1n) is 8.40. The van der Waals surface area contributed by atoms with Gasteiger partial charge in [-0.3, -0.25) is 0 Å².